The van der Waals surface area contributed by atoms with Gasteiger partial charge in [0, 0.05) is 25.0 Å². The first-order valence-corrected chi connectivity index (χ1v) is 9.72. The minimum absolute atomic E-state index is 0.0756. The number of fused-ring (bicyclic) bond motifs is 3. The summed E-state index contributed by atoms with van der Waals surface area (Å²) in [5.74, 6) is 1.04. The van der Waals surface area contributed by atoms with Crippen molar-refractivity contribution in [3.8, 4) is 0 Å². The molecule has 1 N–H and O–H groups in total. The smallest absolute Gasteiger partial charge is 0.268 e. The van der Waals surface area contributed by atoms with Crippen molar-refractivity contribution in [2.24, 2.45) is 0 Å². The predicted octanol–water partition coefficient (Wildman–Crippen LogP) is 2.63. The molecule has 0 aromatic carbocycles. The number of pyridine rings is 1. The summed E-state index contributed by atoms with van der Waals surface area (Å²) in [6.07, 6.45) is 4.67. The van der Waals surface area contributed by atoms with Crippen LogP contribution in [0.2, 0.25) is 0 Å². The number of hydrogen-bond acceptors (Lipinski definition) is 6. The van der Waals surface area contributed by atoms with Crippen LogP contribution in [0.4, 0.5) is 5.82 Å². The van der Waals surface area contributed by atoms with Gasteiger partial charge in [-0.15, -0.1) is 11.3 Å². The van der Waals surface area contributed by atoms with Gasteiger partial charge >= 0.3 is 0 Å². The summed E-state index contributed by atoms with van der Waals surface area (Å²) in [5.41, 5.74) is 1.97. The number of aryl methyl sites for hydroxylation is 1. The van der Waals surface area contributed by atoms with Gasteiger partial charge in [-0.05, 0) is 38.1 Å². The molecule has 7 heteroatoms. The zero-order valence-electron chi connectivity index (χ0n) is 14.7. The van der Waals surface area contributed by atoms with Crippen molar-refractivity contribution >= 4 is 37.6 Å². The fourth-order valence-electron chi connectivity index (χ4n) is 3.55. The van der Waals surface area contributed by atoms with Crippen molar-refractivity contribution in [2.75, 3.05) is 38.1 Å². The summed E-state index contributed by atoms with van der Waals surface area (Å²) in [7, 11) is 2.17. The van der Waals surface area contributed by atoms with Crippen molar-refractivity contribution in [3.63, 3.8) is 0 Å². The van der Waals surface area contributed by atoms with Gasteiger partial charge < -0.3 is 14.8 Å². The Labute approximate surface area is 150 Å². The molecule has 4 heterocycles. The van der Waals surface area contributed by atoms with Crippen LogP contribution in [0.1, 0.15) is 25.3 Å². The number of hydrogen-bond donors (Lipinski definition) is 1. The summed E-state index contributed by atoms with van der Waals surface area (Å²) in [6.45, 7) is 6.38. The molecule has 25 heavy (non-hydrogen) atoms. The Morgan fingerprint density at radius 2 is 2.16 bits per heavy atom. The largest absolute Gasteiger partial charge is 0.355 e. The topological polar surface area (TPSA) is 65.1 Å². The Morgan fingerprint density at radius 3 is 3.00 bits per heavy atom. The molecule has 0 radical (unpaired) electrons. The van der Waals surface area contributed by atoms with Gasteiger partial charge in [-0.2, -0.15) is 0 Å². The summed E-state index contributed by atoms with van der Waals surface area (Å²) < 4.78 is 0.676. The van der Waals surface area contributed by atoms with Gasteiger partial charge in [0.25, 0.3) is 5.56 Å². The number of aromatic amines is 1. The van der Waals surface area contributed by atoms with Crippen LogP contribution >= 0.6 is 11.3 Å². The lowest BCUT2D eigenvalue weighted by atomic mass is 10.1. The number of aromatic nitrogens is 3. The molecule has 0 saturated carbocycles. The third kappa shape index (κ3) is 3.02. The molecule has 0 unspecified atom stereocenters. The second kappa shape index (κ2) is 6.72. The molecule has 0 atom stereocenters. The minimum atomic E-state index is -0.0756. The fourth-order valence-corrected chi connectivity index (χ4v) is 4.61. The molecule has 1 aliphatic heterocycles. The van der Waals surface area contributed by atoms with E-state index in [2.05, 4.69) is 39.8 Å². The van der Waals surface area contributed by atoms with E-state index in [0.29, 0.717) is 4.70 Å². The van der Waals surface area contributed by atoms with Crippen molar-refractivity contribution in [1.29, 1.82) is 0 Å². The van der Waals surface area contributed by atoms with Gasteiger partial charge in [-0.3, -0.25) is 4.79 Å². The maximum atomic E-state index is 12.2. The molecule has 6 nitrogen and oxygen atoms in total. The van der Waals surface area contributed by atoms with Crippen LogP contribution in [0, 0.1) is 0 Å². The monoisotopic (exact) mass is 357 g/mol. The normalized spacial score (nSPS) is 16.6. The molecule has 132 valence electrons. The molecular weight excluding hydrogens is 334 g/mol. The van der Waals surface area contributed by atoms with Crippen molar-refractivity contribution in [2.45, 2.75) is 26.2 Å². The van der Waals surface area contributed by atoms with Crippen LogP contribution < -0.4 is 10.5 Å². The highest BCUT2D eigenvalue weighted by atomic mass is 32.1. The molecule has 1 fully saturated rings. The lowest BCUT2D eigenvalue weighted by molar-refractivity contribution is 0.360. The molecular formula is C18H23N5OS. The second-order valence-corrected chi connectivity index (χ2v) is 7.72. The number of likely N-dealkylation sites (N-methyl/N-ethyl adjacent to an activating group) is 1. The van der Waals surface area contributed by atoms with Gasteiger partial charge in [0.2, 0.25) is 0 Å². The Balaban J connectivity index is 1.88. The predicted molar refractivity (Wildman–Crippen MR) is 104 cm³/mol. The standard InChI is InChI=1S/C18H23N5OS/c1-3-5-12-10-13(23-7-4-6-22(2)8-9-23)21-18-14(12)15-16(25-18)17(24)20-11-19-15/h10-11H,3-9H2,1-2H3,(H,19,20,24). The van der Waals surface area contributed by atoms with Crippen molar-refractivity contribution in [3.05, 3.63) is 28.3 Å². The first-order chi connectivity index (χ1) is 12.2. The number of anilines is 1. The van der Waals surface area contributed by atoms with E-state index in [1.54, 1.807) is 0 Å². The lowest BCUT2D eigenvalue weighted by Gasteiger charge is -2.22. The van der Waals surface area contributed by atoms with E-state index in [4.69, 9.17) is 4.98 Å². The molecule has 3 aromatic rings. The maximum Gasteiger partial charge on any atom is 0.268 e. The number of rotatable bonds is 3. The van der Waals surface area contributed by atoms with E-state index in [0.717, 1.165) is 67.0 Å². The van der Waals surface area contributed by atoms with Crippen molar-refractivity contribution in [1.82, 2.24) is 19.9 Å². The van der Waals surface area contributed by atoms with Crippen LogP contribution in [-0.4, -0.2) is 53.1 Å². The van der Waals surface area contributed by atoms with E-state index in [1.807, 2.05) is 0 Å². The summed E-state index contributed by atoms with van der Waals surface area (Å²) in [4.78, 5) is 29.9. The highest BCUT2D eigenvalue weighted by Crippen LogP contribution is 2.34. The fraction of sp³-hybridized carbons (Fsp3) is 0.500. The first kappa shape index (κ1) is 16.5. The van der Waals surface area contributed by atoms with E-state index in [-0.39, 0.29) is 5.56 Å². The average Bonchev–Trinajstić information content (AvgIpc) is 2.84. The molecule has 3 aromatic heterocycles. The molecule has 1 aliphatic rings. The molecule has 0 aliphatic carbocycles. The Kier molecular flexibility index (Phi) is 4.43. The number of thiophene rings is 1. The van der Waals surface area contributed by atoms with Crippen LogP contribution in [0.15, 0.2) is 17.2 Å². The zero-order chi connectivity index (χ0) is 17.4. The number of nitrogens with zero attached hydrogens (tertiary/aromatic N) is 4. The second-order valence-electron chi connectivity index (χ2n) is 6.73. The van der Waals surface area contributed by atoms with Crippen molar-refractivity contribution < 1.29 is 0 Å². The maximum absolute atomic E-state index is 12.2. The van der Waals surface area contributed by atoms with Gasteiger partial charge in [-0.25, -0.2) is 9.97 Å². The summed E-state index contributed by atoms with van der Waals surface area (Å²) >= 11 is 1.46. The quantitative estimate of drug-likeness (QED) is 0.781. The Hall–Kier alpha value is -1.99. The van der Waals surface area contributed by atoms with Crippen LogP contribution in [0.25, 0.3) is 20.4 Å². The van der Waals surface area contributed by atoms with E-state index in [1.165, 1.54) is 23.2 Å². The SMILES string of the molecule is CCCc1cc(N2CCCN(C)CC2)nc2sc3c(=O)[nH]cnc3c12. The highest BCUT2D eigenvalue weighted by Gasteiger charge is 2.19. The molecule has 0 amide bonds. The van der Waals surface area contributed by atoms with Crippen LogP contribution in [-0.2, 0) is 6.42 Å². The van der Waals surface area contributed by atoms with E-state index >= 15 is 0 Å². The van der Waals surface area contributed by atoms with Crippen LogP contribution in [0.5, 0.6) is 0 Å². The summed E-state index contributed by atoms with van der Waals surface area (Å²) in [5, 5.41) is 1.06. The number of H-pyrrole nitrogens is 1. The van der Waals surface area contributed by atoms with E-state index < -0.39 is 0 Å². The highest BCUT2D eigenvalue weighted by molar-refractivity contribution is 7.25. The first-order valence-electron chi connectivity index (χ1n) is 8.90. The van der Waals surface area contributed by atoms with Gasteiger partial charge in [0.15, 0.2) is 0 Å². The minimum Gasteiger partial charge on any atom is -0.355 e. The summed E-state index contributed by atoms with van der Waals surface area (Å²) in [6, 6.07) is 2.21. The third-order valence-corrected chi connectivity index (χ3v) is 5.94. The third-order valence-electron chi connectivity index (χ3n) is 4.86. The average molecular weight is 357 g/mol. The van der Waals surface area contributed by atoms with Gasteiger partial charge in [0.1, 0.15) is 15.3 Å². The Bertz CT molecular complexity index is 963. The number of nitrogens with one attached hydrogen (secondary N) is 1. The Morgan fingerprint density at radius 1 is 1.28 bits per heavy atom. The molecule has 0 bridgehead atoms. The lowest BCUT2D eigenvalue weighted by Crippen LogP contribution is -2.29. The van der Waals surface area contributed by atoms with E-state index in [9.17, 15) is 4.79 Å². The van der Waals surface area contributed by atoms with Gasteiger partial charge in [-0.1, -0.05) is 13.3 Å². The molecule has 0 spiro atoms. The zero-order valence-corrected chi connectivity index (χ0v) is 15.5. The van der Waals surface area contributed by atoms with Crippen LogP contribution in [0.3, 0.4) is 0 Å². The van der Waals surface area contributed by atoms with Gasteiger partial charge in [0.05, 0.1) is 11.8 Å². The molecule has 4 rings (SSSR count). The molecule has 1 saturated heterocycles.